The molecule has 0 saturated carbocycles. The fourth-order valence-corrected chi connectivity index (χ4v) is 4.67. The molecule has 6 heteroatoms. The van der Waals surface area contributed by atoms with Gasteiger partial charge in [0.1, 0.15) is 11.4 Å². The number of methoxy groups -OCH3 is 1. The predicted molar refractivity (Wildman–Crippen MR) is 117 cm³/mol. The van der Waals surface area contributed by atoms with Gasteiger partial charge in [0, 0.05) is 32.5 Å². The molecule has 0 radical (unpaired) electrons. The number of nitrogens with one attached hydrogen (secondary N) is 1. The quantitative estimate of drug-likeness (QED) is 0.846. The molecular weight excluding hydrogens is 378 g/mol. The normalized spacial score (nSPS) is 17.5. The topological polar surface area (TPSA) is 61.9 Å². The zero-order valence-electron chi connectivity index (χ0n) is 17.9. The summed E-state index contributed by atoms with van der Waals surface area (Å²) >= 11 is 0. The summed E-state index contributed by atoms with van der Waals surface area (Å²) < 4.78 is 5.18. The third-order valence-corrected chi connectivity index (χ3v) is 6.32. The van der Waals surface area contributed by atoms with E-state index in [1.165, 1.54) is 0 Å². The monoisotopic (exact) mass is 407 g/mol. The third kappa shape index (κ3) is 3.62. The van der Waals surface area contributed by atoms with Crippen LogP contribution in [0.15, 0.2) is 42.5 Å². The summed E-state index contributed by atoms with van der Waals surface area (Å²) in [6.07, 6.45) is 1.81. The molecule has 0 aromatic heterocycles. The highest BCUT2D eigenvalue weighted by atomic mass is 16.5. The molecule has 6 nitrogen and oxygen atoms in total. The van der Waals surface area contributed by atoms with Crippen molar-refractivity contribution in [1.29, 1.82) is 0 Å². The maximum Gasteiger partial charge on any atom is 0.255 e. The van der Waals surface area contributed by atoms with Gasteiger partial charge in [-0.05, 0) is 43.7 Å². The van der Waals surface area contributed by atoms with Gasteiger partial charge in [-0.15, -0.1) is 0 Å². The van der Waals surface area contributed by atoms with Gasteiger partial charge in [-0.3, -0.25) is 9.59 Å². The largest absolute Gasteiger partial charge is 0.497 e. The van der Waals surface area contributed by atoms with Crippen molar-refractivity contribution in [3.8, 4) is 5.75 Å². The first-order valence-corrected chi connectivity index (χ1v) is 10.6. The maximum absolute atomic E-state index is 12.9. The molecule has 2 aromatic carbocycles. The van der Waals surface area contributed by atoms with Crippen molar-refractivity contribution in [3.05, 3.63) is 59.2 Å². The second-order valence-electron chi connectivity index (χ2n) is 8.16. The van der Waals surface area contributed by atoms with E-state index < -0.39 is 5.66 Å². The number of hydrogen-bond acceptors (Lipinski definition) is 4. The van der Waals surface area contributed by atoms with Crippen molar-refractivity contribution in [3.63, 3.8) is 0 Å². The van der Waals surface area contributed by atoms with Gasteiger partial charge in [0.05, 0.1) is 24.8 Å². The van der Waals surface area contributed by atoms with Crippen LogP contribution in [0.2, 0.25) is 0 Å². The first-order chi connectivity index (χ1) is 14.5. The van der Waals surface area contributed by atoms with Crippen LogP contribution in [0, 0.1) is 6.92 Å². The standard InChI is InChI=1S/C24H29N3O3/c1-4-27-21-10-5-17(2)15-20(21)23(29)25-24(27)11-13-26(14-12-24)22(28)16-18-6-8-19(30-3)9-7-18/h5-10,15H,4,11-14,16H2,1-3H3,(H,25,29). The molecule has 2 heterocycles. The number of carbonyl (C=O) groups excluding carboxylic acids is 2. The van der Waals surface area contributed by atoms with Gasteiger partial charge in [-0.2, -0.15) is 0 Å². The van der Waals surface area contributed by atoms with E-state index in [0.29, 0.717) is 32.4 Å². The van der Waals surface area contributed by atoms with Crippen LogP contribution in [0.1, 0.15) is 41.3 Å². The molecule has 30 heavy (non-hydrogen) atoms. The summed E-state index contributed by atoms with van der Waals surface area (Å²) in [4.78, 5) is 29.9. The van der Waals surface area contributed by atoms with Crippen LogP contribution in [0.3, 0.4) is 0 Å². The van der Waals surface area contributed by atoms with E-state index in [2.05, 4.69) is 29.3 Å². The van der Waals surface area contributed by atoms with Gasteiger partial charge < -0.3 is 19.9 Å². The second-order valence-corrected chi connectivity index (χ2v) is 8.16. The number of amides is 2. The van der Waals surface area contributed by atoms with Gasteiger partial charge in [0.25, 0.3) is 5.91 Å². The minimum Gasteiger partial charge on any atom is -0.497 e. The SMILES string of the molecule is CCN1c2ccc(C)cc2C(=O)NC12CCN(C(=O)Cc1ccc(OC)cc1)CC2. The summed E-state index contributed by atoms with van der Waals surface area (Å²) in [7, 11) is 1.63. The summed E-state index contributed by atoms with van der Waals surface area (Å²) in [5.74, 6) is 0.891. The van der Waals surface area contributed by atoms with E-state index in [1.54, 1.807) is 7.11 Å². The summed E-state index contributed by atoms with van der Waals surface area (Å²) in [6, 6.07) is 13.7. The second kappa shape index (κ2) is 8.01. The number of piperidine rings is 1. The minimum atomic E-state index is -0.426. The van der Waals surface area contributed by atoms with Crippen molar-refractivity contribution in [2.75, 3.05) is 31.6 Å². The lowest BCUT2D eigenvalue weighted by Gasteiger charge is -2.52. The molecule has 1 spiro atoms. The van der Waals surface area contributed by atoms with Crippen molar-refractivity contribution in [2.45, 2.75) is 38.8 Å². The lowest BCUT2D eigenvalue weighted by molar-refractivity contribution is -0.132. The smallest absolute Gasteiger partial charge is 0.255 e. The van der Waals surface area contributed by atoms with Crippen molar-refractivity contribution in [2.24, 2.45) is 0 Å². The Hall–Kier alpha value is -3.02. The molecule has 0 atom stereocenters. The Balaban J connectivity index is 1.46. The predicted octanol–water partition coefficient (Wildman–Crippen LogP) is 3.13. The highest BCUT2D eigenvalue weighted by Crippen LogP contribution is 2.37. The Morgan fingerprint density at radius 3 is 2.47 bits per heavy atom. The molecular formula is C24H29N3O3. The zero-order valence-corrected chi connectivity index (χ0v) is 17.9. The number of rotatable bonds is 4. The third-order valence-electron chi connectivity index (χ3n) is 6.32. The van der Waals surface area contributed by atoms with Crippen LogP contribution >= 0.6 is 0 Å². The fourth-order valence-electron chi connectivity index (χ4n) is 4.67. The number of likely N-dealkylation sites (tertiary alicyclic amines) is 1. The Morgan fingerprint density at radius 2 is 1.83 bits per heavy atom. The lowest BCUT2D eigenvalue weighted by Crippen LogP contribution is -2.68. The van der Waals surface area contributed by atoms with E-state index in [-0.39, 0.29) is 11.8 Å². The Kier molecular flexibility index (Phi) is 5.41. The number of aryl methyl sites for hydroxylation is 1. The number of fused-ring (bicyclic) bond motifs is 1. The highest BCUT2D eigenvalue weighted by Gasteiger charge is 2.45. The van der Waals surface area contributed by atoms with E-state index in [0.717, 1.165) is 34.7 Å². The number of anilines is 1. The molecule has 158 valence electrons. The molecule has 2 aliphatic heterocycles. The molecule has 4 rings (SSSR count). The number of benzene rings is 2. The average molecular weight is 408 g/mol. The molecule has 2 aromatic rings. The molecule has 1 saturated heterocycles. The first kappa shape index (κ1) is 20.3. The van der Waals surface area contributed by atoms with E-state index >= 15 is 0 Å². The average Bonchev–Trinajstić information content (AvgIpc) is 2.75. The Morgan fingerprint density at radius 1 is 1.13 bits per heavy atom. The molecule has 0 unspecified atom stereocenters. The van der Waals surface area contributed by atoms with Crippen molar-refractivity contribution < 1.29 is 14.3 Å². The summed E-state index contributed by atoms with van der Waals surface area (Å²) in [5.41, 5.74) is 3.36. The Labute approximate surface area is 177 Å². The van der Waals surface area contributed by atoms with Crippen LogP contribution < -0.4 is 15.0 Å². The van der Waals surface area contributed by atoms with Gasteiger partial charge in [0.2, 0.25) is 5.91 Å². The zero-order chi connectivity index (χ0) is 21.3. The van der Waals surface area contributed by atoms with Gasteiger partial charge in [-0.1, -0.05) is 23.8 Å². The molecule has 0 aliphatic carbocycles. The van der Waals surface area contributed by atoms with Crippen molar-refractivity contribution >= 4 is 17.5 Å². The summed E-state index contributed by atoms with van der Waals surface area (Å²) in [5, 5.41) is 3.27. The fraction of sp³-hybridized carbons (Fsp3) is 0.417. The maximum atomic E-state index is 12.9. The van der Waals surface area contributed by atoms with Crippen LogP contribution in [-0.2, 0) is 11.2 Å². The summed E-state index contributed by atoms with van der Waals surface area (Å²) in [6.45, 7) is 6.18. The van der Waals surface area contributed by atoms with Gasteiger partial charge in [-0.25, -0.2) is 0 Å². The first-order valence-electron chi connectivity index (χ1n) is 10.6. The van der Waals surface area contributed by atoms with E-state index in [4.69, 9.17) is 4.74 Å². The lowest BCUT2D eigenvalue weighted by atomic mass is 9.89. The molecule has 2 amide bonds. The molecule has 2 aliphatic rings. The van der Waals surface area contributed by atoms with Crippen LogP contribution in [0.25, 0.3) is 0 Å². The molecule has 1 fully saturated rings. The number of carbonyl (C=O) groups is 2. The van der Waals surface area contributed by atoms with E-state index in [1.807, 2.05) is 42.2 Å². The van der Waals surface area contributed by atoms with Crippen LogP contribution in [0.4, 0.5) is 5.69 Å². The van der Waals surface area contributed by atoms with Crippen LogP contribution in [-0.4, -0.2) is 49.1 Å². The minimum absolute atomic E-state index is 0.0172. The van der Waals surface area contributed by atoms with E-state index in [9.17, 15) is 9.59 Å². The highest BCUT2D eigenvalue weighted by molar-refractivity contribution is 6.02. The molecule has 1 N–H and O–H groups in total. The number of ether oxygens (including phenoxy) is 1. The number of nitrogens with zero attached hydrogens (tertiary/aromatic N) is 2. The van der Waals surface area contributed by atoms with Gasteiger partial charge >= 0.3 is 0 Å². The Bertz CT molecular complexity index is 947. The van der Waals surface area contributed by atoms with Crippen molar-refractivity contribution in [1.82, 2.24) is 10.2 Å². The number of hydrogen-bond donors (Lipinski definition) is 1. The molecule has 0 bridgehead atoms. The van der Waals surface area contributed by atoms with Crippen LogP contribution in [0.5, 0.6) is 5.75 Å². The van der Waals surface area contributed by atoms with Gasteiger partial charge in [0.15, 0.2) is 0 Å².